The maximum Gasteiger partial charge on any atom is 0.338 e. The van der Waals surface area contributed by atoms with Gasteiger partial charge in [-0.1, -0.05) is 11.2 Å². The summed E-state index contributed by atoms with van der Waals surface area (Å²) in [6.45, 7) is 3.18. The van der Waals surface area contributed by atoms with Crippen molar-refractivity contribution in [2.45, 2.75) is 20.0 Å². The van der Waals surface area contributed by atoms with Crippen LogP contribution < -0.4 is 5.32 Å². The number of amides is 1. The van der Waals surface area contributed by atoms with E-state index in [9.17, 15) is 9.59 Å². The van der Waals surface area contributed by atoms with Crippen molar-refractivity contribution in [1.29, 1.82) is 0 Å². The number of tetrazole rings is 1. The van der Waals surface area contributed by atoms with E-state index >= 15 is 0 Å². The van der Waals surface area contributed by atoms with E-state index in [1.165, 1.54) is 17.9 Å². The fourth-order valence-corrected chi connectivity index (χ4v) is 1.98. The van der Waals surface area contributed by atoms with Crippen molar-refractivity contribution in [2.24, 2.45) is 0 Å². The largest absolute Gasteiger partial charge is 0.449 e. The van der Waals surface area contributed by atoms with E-state index in [0.29, 0.717) is 11.4 Å². The van der Waals surface area contributed by atoms with E-state index in [2.05, 4.69) is 26.0 Å². The SMILES string of the molecule is Cc1cc(NC(=O)C(C)OC(=O)c2cccc(-n3cnnn3)c2)on1. The van der Waals surface area contributed by atoms with Crippen LogP contribution >= 0.6 is 0 Å². The van der Waals surface area contributed by atoms with Gasteiger partial charge in [-0.15, -0.1) is 5.10 Å². The first-order valence-corrected chi connectivity index (χ1v) is 7.31. The molecular formula is C15H14N6O4. The summed E-state index contributed by atoms with van der Waals surface area (Å²) in [4.78, 5) is 24.3. The lowest BCUT2D eigenvalue weighted by atomic mass is 10.2. The van der Waals surface area contributed by atoms with E-state index in [4.69, 9.17) is 9.26 Å². The van der Waals surface area contributed by atoms with Gasteiger partial charge in [0, 0.05) is 6.07 Å². The zero-order chi connectivity index (χ0) is 17.8. The number of rotatable bonds is 5. The molecular weight excluding hydrogens is 328 g/mol. The molecule has 0 saturated carbocycles. The Labute approximate surface area is 141 Å². The van der Waals surface area contributed by atoms with Gasteiger partial charge in [0.2, 0.25) is 5.88 Å². The molecule has 0 radical (unpaired) electrons. The number of carbonyl (C=O) groups excluding carboxylic acids is 2. The van der Waals surface area contributed by atoms with E-state index in [-0.39, 0.29) is 11.4 Å². The minimum absolute atomic E-state index is 0.186. The Balaban J connectivity index is 1.65. The lowest BCUT2D eigenvalue weighted by molar-refractivity contribution is -0.123. The normalized spacial score (nSPS) is 11.8. The van der Waals surface area contributed by atoms with E-state index < -0.39 is 18.0 Å². The lowest BCUT2D eigenvalue weighted by Gasteiger charge is -2.12. The molecule has 25 heavy (non-hydrogen) atoms. The number of nitrogens with one attached hydrogen (secondary N) is 1. The Bertz CT molecular complexity index is 889. The molecule has 1 atom stereocenters. The Morgan fingerprint density at radius 1 is 1.32 bits per heavy atom. The average Bonchev–Trinajstić information content (AvgIpc) is 3.27. The molecule has 0 aliphatic rings. The zero-order valence-electron chi connectivity index (χ0n) is 13.4. The summed E-state index contributed by atoms with van der Waals surface area (Å²) in [6, 6.07) is 8.08. The molecule has 0 fully saturated rings. The number of ether oxygens (including phenoxy) is 1. The second-order valence-electron chi connectivity index (χ2n) is 5.17. The number of aryl methyl sites for hydroxylation is 1. The molecule has 0 spiro atoms. The number of aromatic nitrogens is 5. The third kappa shape index (κ3) is 3.86. The molecule has 2 aromatic heterocycles. The Morgan fingerprint density at radius 3 is 2.84 bits per heavy atom. The predicted molar refractivity (Wildman–Crippen MR) is 83.9 cm³/mol. The van der Waals surface area contributed by atoms with Crippen LogP contribution in [0.15, 0.2) is 41.2 Å². The molecule has 1 aromatic carbocycles. The fourth-order valence-electron chi connectivity index (χ4n) is 1.98. The molecule has 1 unspecified atom stereocenters. The first kappa shape index (κ1) is 16.3. The van der Waals surface area contributed by atoms with Crippen LogP contribution in [-0.4, -0.2) is 43.3 Å². The van der Waals surface area contributed by atoms with Crippen molar-refractivity contribution in [1.82, 2.24) is 25.4 Å². The summed E-state index contributed by atoms with van der Waals surface area (Å²) < 4.78 is 11.5. The molecule has 10 heteroatoms. The van der Waals surface area contributed by atoms with Crippen LogP contribution in [0.1, 0.15) is 23.0 Å². The van der Waals surface area contributed by atoms with Gasteiger partial charge in [0.05, 0.1) is 16.9 Å². The molecule has 3 rings (SSSR count). The van der Waals surface area contributed by atoms with Crippen LogP contribution in [0.2, 0.25) is 0 Å². The summed E-state index contributed by atoms with van der Waals surface area (Å²) in [5.41, 5.74) is 1.48. The molecule has 3 aromatic rings. The van der Waals surface area contributed by atoms with Gasteiger partial charge in [-0.3, -0.25) is 10.1 Å². The number of hydrogen-bond acceptors (Lipinski definition) is 8. The molecule has 1 N–H and O–H groups in total. The molecule has 128 valence electrons. The fraction of sp³-hybridized carbons (Fsp3) is 0.200. The van der Waals surface area contributed by atoms with Crippen LogP contribution in [0.5, 0.6) is 0 Å². The highest BCUT2D eigenvalue weighted by Gasteiger charge is 2.20. The monoisotopic (exact) mass is 342 g/mol. The molecule has 1 amide bonds. The van der Waals surface area contributed by atoms with Crippen LogP contribution in [0, 0.1) is 6.92 Å². The number of hydrogen-bond donors (Lipinski definition) is 1. The topological polar surface area (TPSA) is 125 Å². The van der Waals surface area contributed by atoms with Crippen molar-refractivity contribution in [3.63, 3.8) is 0 Å². The lowest BCUT2D eigenvalue weighted by Crippen LogP contribution is -2.29. The summed E-state index contributed by atoms with van der Waals surface area (Å²) in [7, 11) is 0. The van der Waals surface area contributed by atoms with Gasteiger partial charge in [0.25, 0.3) is 5.91 Å². The third-order valence-electron chi connectivity index (χ3n) is 3.22. The number of nitrogens with zero attached hydrogens (tertiary/aromatic N) is 5. The quantitative estimate of drug-likeness (QED) is 0.684. The van der Waals surface area contributed by atoms with Gasteiger partial charge in [-0.05, 0) is 42.5 Å². The van der Waals surface area contributed by atoms with Gasteiger partial charge in [0.15, 0.2) is 6.10 Å². The summed E-state index contributed by atoms with van der Waals surface area (Å²) >= 11 is 0. The number of benzene rings is 1. The van der Waals surface area contributed by atoms with E-state index in [1.807, 2.05) is 0 Å². The first-order chi connectivity index (χ1) is 12.0. The van der Waals surface area contributed by atoms with Crippen molar-refractivity contribution in [3.05, 3.63) is 47.9 Å². The number of carbonyl (C=O) groups is 2. The van der Waals surface area contributed by atoms with Crippen molar-refractivity contribution < 1.29 is 18.8 Å². The summed E-state index contributed by atoms with van der Waals surface area (Å²) in [5.74, 6) is -0.987. The highest BCUT2D eigenvalue weighted by Crippen LogP contribution is 2.13. The van der Waals surface area contributed by atoms with Gasteiger partial charge in [0.1, 0.15) is 6.33 Å². The maximum absolute atomic E-state index is 12.2. The molecule has 0 aliphatic heterocycles. The minimum atomic E-state index is -1.02. The standard InChI is InChI=1S/C15H14N6O4/c1-9-6-13(25-18-9)17-14(22)10(2)24-15(23)11-4-3-5-12(7-11)21-8-16-19-20-21/h3-8,10H,1-2H3,(H,17,22). The van der Waals surface area contributed by atoms with Crippen molar-refractivity contribution in [3.8, 4) is 5.69 Å². The Hall–Kier alpha value is -3.56. The van der Waals surface area contributed by atoms with Crippen LogP contribution in [0.4, 0.5) is 5.88 Å². The third-order valence-corrected chi connectivity index (χ3v) is 3.22. The number of anilines is 1. The average molecular weight is 342 g/mol. The molecule has 0 bridgehead atoms. The predicted octanol–water partition coefficient (Wildman–Crippen LogP) is 1.14. The van der Waals surface area contributed by atoms with Gasteiger partial charge in [-0.25, -0.2) is 9.48 Å². The maximum atomic E-state index is 12.2. The summed E-state index contributed by atoms with van der Waals surface area (Å²) in [6.07, 6.45) is 0.384. The molecule has 2 heterocycles. The van der Waals surface area contributed by atoms with Crippen LogP contribution in [0.25, 0.3) is 5.69 Å². The van der Waals surface area contributed by atoms with E-state index in [1.54, 1.807) is 37.3 Å². The zero-order valence-corrected chi connectivity index (χ0v) is 13.4. The number of esters is 1. The minimum Gasteiger partial charge on any atom is -0.449 e. The van der Waals surface area contributed by atoms with Crippen LogP contribution in [-0.2, 0) is 9.53 Å². The van der Waals surface area contributed by atoms with Crippen molar-refractivity contribution in [2.75, 3.05) is 5.32 Å². The second-order valence-corrected chi connectivity index (χ2v) is 5.17. The van der Waals surface area contributed by atoms with Gasteiger partial charge >= 0.3 is 5.97 Å². The molecule has 0 aliphatic carbocycles. The highest BCUT2D eigenvalue weighted by atomic mass is 16.5. The van der Waals surface area contributed by atoms with Crippen LogP contribution in [0.3, 0.4) is 0 Å². The summed E-state index contributed by atoms with van der Waals surface area (Å²) in [5, 5.41) is 17.0. The van der Waals surface area contributed by atoms with Gasteiger partial charge in [-0.2, -0.15) is 0 Å². The van der Waals surface area contributed by atoms with Gasteiger partial charge < -0.3 is 9.26 Å². The molecule has 0 saturated heterocycles. The Kier molecular flexibility index (Phi) is 4.50. The first-order valence-electron chi connectivity index (χ1n) is 7.31. The molecule has 10 nitrogen and oxygen atoms in total. The van der Waals surface area contributed by atoms with Crippen molar-refractivity contribution >= 4 is 17.8 Å². The second kappa shape index (κ2) is 6.91. The van der Waals surface area contributed by atoms with E-state index in [0.717, 1.165) is 0 Å². The smallest absolute Gasteiger partial charge is 0.338 e. The highest BCUT2D eigenvalue weighted by molar-refractivity contribution is 5.96. The Morgan fingerprint density at radius 2 is 2.16 bits per heavy atom.